The number of hydrogen-bond acceptors (Lipinski definition) is 2. The lowest BCUT2D eigenvalue weighted by Crippen LogP contribution is -2.19. The fraction of sp³-hybridized carbons (Fsp3) is 0. The van der Waals surface area contributed by atoms with Crippen LogP contribution in [0.25, 0.3) is 6.08 Å². The molecule has 1 N–H and O–H groups in total. The minimum Gasteiger partial charge on any atom is -0.508 e. The van der Waals surface area contributed by atoms with Crippen molar-refractivity contribution in [2.75, 3.05) is 0 Å². The molecule has 3 heteroatoms. The third-order valence-electron chi connectivity index (χ3n) is 1.52. The van der Waals surface area contributed by atoms with Crippen LogP contribution >= 0.6 is 0 Å². The van der Waals surface area contributed by atoms with Gasteiger partial charge in [0.15, 0.2) is 0 Å². The zero-order valence-electron chi connectivity index (χ0n) is 5.61. The third-order valence-corrected chi connectivity index (χ3v) is 1.52. The summed E-state index contributed by atoms with van der Waals surface area (Å²) in [5.74, 6) is -0.101. The maximum absolute atomic E-state index is 10.7. The second kappa shape index (κ2) is 1.92. The quantitative estimate of drug-likeness (QED) is 0.529. The highest BCUT2D eigenvalue weighted by Crippen LogP contribution is 1.99. The molecule has 1 aliphatic heterocycles. The molecule has 54 valence electrons. The molecule has 1 aromatic rings. The van der Waals surface area contributed by atoms with E-state index in [9.17, 15) is 4.79 Å². The van der Waals surface area contributed by atoms with Crippen LogP contribution in [-0.4, -0.2) is 11.0 Å². The number of phenols is 1. The van der Waals surface area contributed by atoms with Crippen molar-refractivity contribution in [1.29, 1.82) is 0 Å². The number of carbonyl (C=O) groups excluding carboxylic acids is 1. The molecule has 1 aliphatic rings. The first kappa shape index (κ1) is 6.09. The average Bonchev–Trinajstić information content (AvgIpc) is 2.27. The van der Waals surface area contributed by atoms with Crippen LogP contribution in [0, 0.1) is 0 Å². The summed E-state index contributed by atoms with van der Waals surface area (Å²) in [6.07, 6.45) is 1.40. The average molecular weight is 147 g/mol. The van der Waals surface area contributed by atoms with Crippen LogP contribution in [-0.2, 0) is 4.79 Å². The van der Waals surface area contributed by atoms with E-state index >= 15 is 0 Å². The number of amides is 1. The van der Waals surface area contributed by atoms with E-state index in [1.807, 2.05) is 0 Å². The molecule has 0 bridgehead atoms. The van der Waals surface area contributed by atoms with E-state index in [1.165, 1.54) is 18.2 Å². The standard InChI is InChI=1S/C8H5NO2/c10-6-1-2-7-5(3-6)4-8(11)9-7/h1-4,10H. The Labute approximate surface area is 62.3 Å². The Bertz CT molecular complexity index is 434. The van der Waals surface area contributed by atoms with Gasteiger partial charge in [-0.25, -0.2) is 4.99 Å². The van der Waals surface area contributed by atoms with E-state index in [2.05, 4.69) is 4.99 Å². The van der Waals surface area contributed by atoms with E-state index in [0.29, 0.717) is 10.6 Å². The first-order chi connectivity index (χ1) is 5.25. The molecule has 1 heterocycles. The molecule has 11 heavy (non-hydrogen) atoms. The van der Waals surface area contributed by atoms with Gasteiger partial charge in [-0.05, 0) is 18.2 Å². The number of nitrogens with zero attached hydrogens (tertiary/aromatic N) is 1. The van der Waals surface area contributed by atoms with Crippen LogP contribution in [0.15, 0.2) is 23.2 Å². The van der Waals surface area contributed by atoms with Gasteiger partial charge < -0.3 is 5.11 Å². The molecule has 3 nitrogen and oxygen atoms in total. The van der Waals surface area contributed by atoms with Crippen LogP contribution in [0.3, 0.4) is 0 Å². The van der Waals surface area contributed by atoms with Crippen LogP contribution in [0.5, 0.6) is 5.75 Å². The lowest BCUT2D eigenvalue weighted by molar-refractivity contribution is -0.112. The number of hydrogen-bond donors (Lipinski definition) is 1. The molecular weight excluding hydrogens is 142 g/mol. The van der Waals surface area contributed by atoms with Crippen molar-refractivity contribution in [3.05, 3.63) is 28.8 Å². The summed E-state index contributed by atoms with van der Waals surface area (Å²) in [5.41, 5.74) is 0. The Morgan fingerprint density at radius 1 is 1.36 bits per heavy atom. The smallest absolute Gasteiger partial charge is 0.270 e. The van der Waals surface area contributed by atoms with E-state index in [1.54, 1.807) is 6.07 Å². The summed E-state index contributed by atoms with van der Waals surface area (Å²) in [7, 11) is 0. The summed E-state index contributed by atoms with van der Waals surface area (Å²) in [4.78, 5) is 14.4. The molecule has 2 rings (SSSR count). The molecule has 0 radical (unpaired) electrons. The van der Waals surface area contributed by atoms with E-state index in [4.69, 9.17) is 5.11 Å². The van der Waals surface area contributed by atoms with Gasteiger partial charge in [0.2, 0.25) is 0 Å². The van der Waals surface area contributed by atoms with E-state index < -0.39 is 0 Å². The molecule has 0 spiro atoms. The van der Waals surface area contributed by atoms with Gasteiger partial charge in [-0.3, -0.25) is 4.79 Å². The SMILES string of the molecule is O=C1C=c2cc(O)ccc2=N1. The predicted molar refractivity (Wildman–Crippen MR) is 38.4 cm³/mol. The maximum atomic E-state index is 10.7. The molecule has 0 aromatic heterocycles. The highest BCUT2D eigenvalue weighted by Gasteiger charge is 2.02. The summed E-state index contributed by atoms with van der Waals surface area (Å²) in [6.45, 7) is 0. The Hall–Kier alpha value is -1.64. The summed E-state index contributed by atoms with van der Waals surface area (Å²) >= 11 is 0. The van der Waals surface area contributed by atoms with E-state index in [0.717, 1.165) is 0 Å². The summed E-state index contributed by atoms with van der Waals surface area (Å²) in [5, 5.41) is 10.3. The van der Waals surface area contributed by atoms with Gasteiger partial charge in [0, 0.05) is 11.3 Å². The van der Waals surface area contributed by atoms with Gasteiger partial charge in [-0.2, -0.15) is 0 Å². The highest BCUT2D eigenvalue weighted by atomic mass is 16.3. The van der Waals surface area contributed by atoms with Crippen LogP contribution in [0.1, 0.15) is 0 Å². The Morgan fingerprint density at radius 2 is 2.18 bits per heavy atom. The topological polar surface area (TPSA) is 49.7 Å². The minimum absolute atomic E-state index is 0.157. The second-order valence-electron chi connectivity index (χ2n) is 2.34. The van der Waals surface area contributed by atoms with Crippen molar-refractivity contribution in [3.8, 4) is 5.75 Å². The molecule has 0 aliphatic carbocycles. The first-order valence-corrected chi connectivity index (χ1v) is 3.19. The van der Waals surface area contributed by atoms with E-state index in [-0.39, 0.29) is 11.7 Å². The first-order valence-electron chi connectivity index (χ1n) is 3.19. The fourth-order valence-corrected chi connectivity index (χ4v) is 1.04. The summed E-state index contributed by atoms with van der Waals surface area (Å²) in [6, 6.07) is 4.64. The number of carbonyl (C=O) groups is 1. The molecule has 1 aromatic carbocycles. The fourth-order valence-electron chi connectivity index (χ4n) is 1.04. The lowest BCUT2D eigenvalue weighted by Gasteiger charge is -1.85. The van der Waals surface area contributed by atoms with Gasteiger partial charge in [0.05, 0.1) is 5.36 Å². The molecule has 0 unspecified atom stereocenters. The molecule has 1 amide bonds. The maximum Gasteiger partial charge on any atom is 0.270 e. The monoisotopic (exact) mass is 147 g/mol. The largest absolute Gasteiger partial charge is 0.508 e. The second-order valence-corrected chi connectivity index (χ2v) is 2.34. The number of phenolic OH excluding ortho intramolecular Hbond substituents is 1. The van der Waals surface area contributed by atoms with Crippen LogP contribution in [0.2, 0.25) is 0 Å². The molecular formula is C8H5NO2. The predicted octanol–water partition coefficient (Wildman–Crippen LogP) is -0.668. The van der Waals surface area contributed by atoms with Crippen LogP contribution < -0.4 is 10.6 Å². The number of aromatic hydroxyl groups is 1. The van der Waals surface area contributed by atoms with Gasteiger partial charge in [-0.1, -0.05) is 0 Å². The van der Waals surface area contributed by atoms with Gasteiger partial charge in [0.1, 0.15) is 5.75 Å². The van der Waals surface area contributed by atoms with Crippen molar-refractivity contribution in [3.63, 3.8) is 0 Å². The van der Waals surface area contributed by atoms with Gasteiger partial charge in [0.25, 0.3) is 5.91 Å². The molecule has 0 saturated heterocycles. The Balaban J connectivity index is 2.89. The normalized spacial score (nSPS) is 13.6. The zero-order chi connectivity index (χ0) is 7.84. The number of benzene rings is 1. The van der Waals surface area contributed by atoms with Crippen molar-refractivity contribution in [2.24, 2.45) is 4.99 Å². The zero-order valence-corrected chi connectivity index (χ0v) is 5.61. The van der Waals surface area contributed by atoms with Crippen molar-refractivity contribution >= 4 is 12.0 Å². The lowest BCUT2D eigenvalue weighted by atomic mass is 10.3. The van der Waals surface area contributed by atoms with Gasteiger partial charge >= 0.3 is 0 Å². The number of rotatable bonds is 0. The molecule has 0 saturated carbocycles. The van der Waals surface area contributed by atoms with Gasteiger partial charge in [-0.15, -0.1) is 0 Å². The Kier molecular flexibility index (Phi) is 1.06. The Morgan fingerprint density at radius 3 is 3.00 bits per heavy atom. The van der Waals surface area contributed by atoms with Crippen molar-refractivity contribution < 1.29 is 9.90 Å². The number of fused-ring (bicyclic) bond motifs is 1. The molecule has 0 fully saturated rings. The molecule has 0 atom stereocenters. The minimum atomic E-state index is -0.259. The summed E-state index contributed by atoms with van der Waals surface area (Å²) < 4.78 is 0. The van der Waals surface area contributed by atoms with Crippen molar-refractivity contribution in [1.82, 2.24) is 0 Å². The van der Waals surface area contributed by atoms with Crippen LogP contribution in [0.4, 0.5) is 0 Å². The van der Waals surface area contributed by atoms with Crippen molar-refractivity contribution in [2.45, 2.75) is 0 Å². The third kappa shape index (κ3) is 0.902. The highest BCUT2D eigenvalue weighted by molar-refractivity contribution is 6.06.